The van der Waals surface area contributed by atoms with Crippen molar-refractivity contribution < 1.29 is 4.74 Å². The van der Waals surface area contributed by atoms with E-state index in [-0.39, 0.29) is 11.3 Å². The monoisotopic (exact) mass is 249 g/mol. The Balaban J connectivity index is 2.44. The van der Waals surface area contributed by atoms with Crippen LogP contribution < -0.4 is 4.74 Å². The second-order valence-electron chi connectivity index (χ2n) is 3.51. The van der Waals surface area contributed by atoms with Crippen molar-refractivity contribution in [2.45, 2.75) is 13.8 Å². The van der Waals surface area contributed by atoms with Crippen LogP contribution in [0, 0.1) is 6.92 Å². The molecule has 2 rings (SSSR count). The summed E-state index contributed by atoms with van der Waals surface area (Å²) in [6, 6.07) is 8.12. The average Bonchev–Trinajstić information content (AvgIpc) is 2.28. The Hall–Kier alpha value is -1.68. The zero-order valence-electron chi connectivity index (χ0n) is 9.64. The van der Waals surface area contributed by atoms with Gasteiger partial charge in [0.1, 0.15) is 0 Å². The van der Waals surface area contributed by atoms with Crippen LogP contribution in [-0.4, -0.2) is 21.6 Å². The molecular weight excluding hydrogens is 238 g/mol. The molecule has 0 saturated heterocycles. The number of rotatable bonds is 3. The Morgan fingerprint density at radius 3 is 2.76 bits per heavy atom. The molecule has 1 aromatic carbocycles. The van der Waals surface area contributed by atoms with E-state index >= 15 is 0 Å². The van der Waals surface area contributed by atoms with E-state index in [1.807, 2.05) is 38.1 Å². The van der Waals surface area contributed by atoms with E-state index in [0.717, 1.165) is 11.1 Å². The van der Waals surface area contributed by atoms with Crippen LogP contribution in [0.1, 0.15) is 12.5 Å². The predicted octanol–water partition coefficient (Wildman–Crippen LogP) is 2.90. The van der Waals surface area contributed by atoms with Gasteiger partial charge in [0.15, 0.2) is 5.82 Å². The first kappa shape index (κ1) is 11.8. The predicted molar refractivity (Wildman–Crippen MR) is 66.2 cm³/mol. The van der Waals surface area contributed by atoms with Gasteiger partial charge in [0.25, 0.3) is 0 Å². The molecule has 2 aromatic rings. The molecular formula is C12H12ClN3O. The minimum Gasteiger partial charge on any atom is -0.464 e. The number of hydrogen-bond acceptors (Lipinski definition) is 4. The van der Waals surface area contributed by atoms with E-state index in [1.54, 1.807) is 0 Å². The van der Waals surface area contributed by atoms with Crippen LogP contribution in [-0.2, 0) is 0 Å². The first-order valence-corrected chi connectivity index (χ1v) is 5.68. The van der Waals surface area contributed by atoms with Gasteiger partial charge in [-0.3, -0.25) is 0 Å². The van der Waals surface area contributed by atoms with Crippen LogP contribution in [0.15, 0.2) is 24.3 Å². The van der Waals surface area contributed by atoms with Gasteiger partial charge in [0.05, 0.1) is 6.61 Å². The Bertz CT molecular complexity index is 531. The average molecular weight is 250 g/mol. The summed E-state index contributed by atoms with van der Waals surface area (Å²) in [4.78, 5) is 12.2. The van der Waals surface area contributed by atoms with Gasteiger partial charge in [-0.15, -0.1) is 0 Å². The van der Waals surface area contributed by atoms with E-state index < -0.39 is 0 Å². The van der Waals surface area contributed by atoms with Gasteiger partial charge in [-0.25, -0.2) is 0 Å². The highest BCUT2D eigenvalue weighted by molar-refractivity contribution is 6.28. The summed E-state index contributed by atoms with van der Waals surface area (Å²) in [5.41, 5.74) is 2.03. The lowest BCUT2D eigenvalue weighted by Crippen LogP contribution is -2.01. The molecule has 1 heterocycles. The van der Waals surface area contributed by atoms with Gasteiger partial charge in [0, 0.05) is 5.56 Å². The fraction of sp³-hybridized carbons (Fsp3) is 0.250. The number of aromatic nitrogens is 3. The third-order valence-electron chi connectivity index (χ3n) is 2.14. The second-order valence-corrected chi connectivity index (χ2v) is 3.85. The van der Waals surface area contributed by atoms with E-state index in [0.29, 0.717) is 12.4 Å². The van der Waals surface area contributed by atoms with Crippen molar-refractivity contribution in [3.8, 4) is 17.4 Å². The second kappa shape index (κ2) is 5.10. The standard InChI is InChI=1S/C12H12ClN3O/c1-3-17-12-15-10(14-11(13)16-12)9-6-4-5-8(2)7-9/h4-7H,3H2,1-2H3. The maximum Gasteiger partial charge on any atom is 0.321 e. The molecule has 0 radical (unpaired) electrons. The third-order valence-corrected chi connectivity index (χ3v) is 2.31. The molecule has 0 aliphatic carbocycles. The van der Waals surface area contributed by atoms with Crippen LogP contribution in [0.5, 0.6) is 6.01 Å². The van der Waals surface area contributed by atoms with Gasteiger partial charge in [-0.1, -0.05) is 23.8 Å². The lowest BCUT2D eigenvalue weighted by molar-refractivity contribution is 0.312. The van der Waals surface area contributed by atoms with E-state index in [1.165, 1.54) is 0 Å². The molecule has 0 atom stereocenters. The maximum atomic E-state index is 5.83. The minimum atomic E-state index is 0.139. The molecule has 88 valence electrons. The van der Waals surface area contributed by atoms with Gasteiger partial charge < -0.3 is 4.74 Å². The molecule has 0 amide bonds. The molecule has 5 heteroatoms. The Labute approximate surface area is 105 Å². The molecule has 0 spiro atoms. The molecule has 4 nitrogen and oxygen atoms in total. The number of aryl methyl sites for hydroxylation is 1. The van der Waals surface area contributed by atoms with Crippen molar-refractivity contribution in [3.05, 3.63) is 35.1 Å². The molecule has 0 bridgehead atoms. The Kier molecular flexibility index (Phi) is 3.54. The summed E-state index contributed by atoms with van der Waals surface area (Å²) in [7, 11) is 0. The fourth-order valence-corrected chi connectivity index (χ4v) is 1.59. The van der Waals surface area contributed by atoms with Gasteiger partial charge in [-0.2, -0.15) is 15.0 Å². The fourth-order valence-electron chi connectivity index (χ4n) is 1.44. The summed E-state index contributed by atoms with van der Waals surface area (Å²) < 4.78 is 5.23. The summed E-state index contributed by atoms with van der Waals surface area (Å²) in [5.74, 6) is 0.525. The Morgan fingerprint density at radius 2 is 2.06 bits per heavy atom. The van der Waals surface area contributed by atoms with Crippen LogP contribution in [0.25, 0.3) is 11.4 Å². The number of ether oxygens (including phenoxy) is 1. The highest BCUT2D eigenvalue weighted by Gasteiger charge is 2.07. The molecule has 17 heavy (non-hydrogen) atoms. The minimum absolute atomic E-state index is 0.139. The quantitative estimate of drug-likeness (QED) is 0.839. The first-order valence-electron chi connectivity index (χ1n) is 5.30. The number of hydrogen-bond donors (Lipinski definition) is 0. The van der Waals surface area contributed by atoms with Gasteiger partial charge in [0.2, 0.25) is 5.28 Å². The van der Waals surface area contributed by atoms with Crippen molar-refractivity contribution in [2.75, 3.05) is 6.61 Å². The topological polar surface area (TPSA) is 47.9 Å². The van der Waals surface area contributed by atoms with E-state index in [4.69, 9.17) is 16.3 Å². The van der Waals surface area contributed by atoms with Crippen LogP contribution >= 0.6 is 11.6 Å². The molecule has 0 aliphatic heterocycles. The SMILES string of the molecule is CCOc1nc(Cl)nc(-c2cccc(C)c2)n1. The van der Waals surface area contributed by atoms with Crippen LogP contribution in [0.3, 0.4) is 0 Å². The maximum absolute atomic E-state index is 5.83. The summed E-state index contributed by atoms with van der Waals surface area (Å²) in [6.45, 7) is 4.37. The van der Waals surface area contributed by atoms with E-state index in [2.05, 4.69) is 15.0 Å². The smallest absolute Gasteiger partial charge is 0.321 e. The van der Waals surface area contributed by atoms with Crippen LogP contribution in [0.2, 0.25) is 5.28 Å². The Morgan fingerprint density at radius 1 is 1.24 bits per heavy atom. The van der Waals surface area contributed by atoms with Gasteiger partial charge >= 0.3 is 6.01 Å². The summed E-state index contributed by atoms with van der Waals surface area (Å²) >= 11 is 5.83. The molecule has 0 N–H and O–H groups in total. The number of benzene rings is 1. The van der Waals surface area contributed by atoms with Crippen LogP contribution in [0.4, 0.5) is 0 Å². The molecule has 0 unspecified atom stereocenters. The number of halogens is 1. The van der Waals surface area contributed by atoms with E-state index in [9.17, 15) is 0 Å². The molecule has 1 aromatic heterocycles. The summed E-state index contributed by atoms with van der Waals surface area (Å²) in [5, 5.41) is 0.139. The molecule has 0 aliphatic rings. The normalized spacial score (nSPS) is 10.3. The zero-order valence-corrected chi connectivity index (χ0v) is 10.4. The zero-order chi connectivity index (χ0) is 12.3. The summed E-state index contributed by atoms with van der Waals surface area (Å²) in [6.07, 6.45) is 0. The third kappa shape index (κ3) is 2.91. The van der Waals surface area contributed by atoms with Gasteiger partial charge in [-0.05, 0) is 31.5 Å². The molecule has 0 saturated carbocycles. The lowest BCUT2D eigenvalue weighted by atomic mass is 10.1. The molecule has 0 fully saturated rings. The van der Waals surface area contributed by atoms with Crippen molar-refractivity contribution in [2.24, 2.45) is 0 Å². The van der Waals surface area contributed by atoms with Crippen molar-refractivity contribution >= 4 is 11.6 Å². The van der Waals surface area contributed by atoms with Crippen molar-refractivity contribution in [1.82, 2.24) is 15.0 Å². The highest BCUT2D eigenvalue weighted by Crippen LogP contribution is 2.19. The largest absolute Gasteiger partial charge is 0.464 e. The number of nitrogens with zero attached hydrogens (tertiary/aromatic N) is 3. The first-order chi connectivity index (χ1) is 8.19. The van der Waals surface area contributed by atoms with Crippen molar-refractivity contribution in [3.63, 3.8) is 0 Å². The highest BCUT2D eigenvalue weighted by atomic mass is 35.5. The lowest BCUT2D eigenvalue weighted by Gasteiger charge is -2.04. The van der Waals surface area contributed by atoms with Crippen molar-refractivity contribution in [1.29, 1.82) is 0 Å².